The summed E-state index contributed by atoms with van der Waals surface area (Å²) in [4.78, 5) is 0. The molecule has 2 aromatic rings. The third kappa shape index (κ3) is 3.01. The molecule has 0 fully saturated rings. The van der Waals surface area contributed by atoms with Gasteiger partial charge >= 0.3 is 0 Å². The topological polar surface area (TPSA) is 12.0 Å². The number of hydrogen-bond donors (Lipinski definition) is 1. The Balaban J connectivity index is 1.78. The summed E-state index contributed by atoms with van der Waals surface area (Å²) in [6.07, 6.45) is 2.30. The maximum absolute atomic E-state index is 13.2. The lowest BCUT2D eigenvalue weighted by Crippen LogP contribution is -2.32. The zero-order chi connectivity index (χ0) is 14.9. The van der Waals surface area contributed by atoms with E-state index in [2.05, 4.69) is 43.4 Å². The molecular formula is C19H22FN. The zero-order valence-corrected chi connectivity index (χ0v) is 12.7. The molecule has 0 aliphatic heterocycles. The molecule has 0 spiro atoms. The van der Waals surface area contributed by atoms with Gasteiger partial charge in [0.15, 0.2) is 0 Å². The summed E-state index contributed by atoms with van der Waals surface area (Å²) >= 11 is 0. The molecule has 1 atom stereocenters. The molecule has 1 nitrogen and oxygen atoms in total. The van der Waals surface area contributed by atoms with Gasteiger partial charge in [-0.3, -0.25) is 0 Å². The van der Waals surface area contributed by atoms with Crippen LogP contribution in [-0.2, 0) is 12.0 Å². The summed E-state index contributed by atoms with van der Waals surface area (Å²) in [5, 5.41) is 3.59. The molecule has 2 aromatic carbocycles. The molecular weight excluding hydrogens is 261 g/mol. The minimum atomic E-state index is -0.167. The van der Waals surface area contributed by atoms with E-state index >= 15 is 0 Å². The molecule has 21 heavy (non-hydrogen) atoms. The average Bonchev–Trinajstić information content (AvgIpc) is 2.47. The predicted molar refractivity (Wildman–Crippen MR) is 84.7 cm³/mol. The van der Waals surface area contributed by atoms with Gasteiger partial charge in [-0.1, -0.05) is 50.2 Å². The molecule has 0 saturated carbocycles. The van der Waals surface area contributed by atoms with Crippen LogP contribution in [0, 0.1) is 5.82 Å². The first-order chi connectivity index (χ1) is 10.1. The average molecular weight is 283 g/mol. The third-order valence-corrected chi connectivity index (χ3v) is 4.56. The summed E-state index contributed by atoms with van der Waals surface area (Å²) in [6, 6.07) is 15.9. The predicted octanol–water partition coefficient (Wildman–Crippen LogP) is 4.73. The molecule has 0 aromatic heterocycles. The lowest BCUT2D eigenvalue weighted by Gasteiger charge is -2.37. The summed E-state index contributed by atoms with van der Waals surface area (Å²) in [7, 11) is 0. The van der Waals surface area contributed by atoms with Crippen molar-refractivity contribution in [1.29, 1.82) is 0 Å². The monoisotopic (exact) mass is 283 g/mol. The third-order valence-electron chi connectivity index (χ3n) is 4.56. The van der Waals surface area contributed by atoms with E-state index in [4.69, 9.17) is 0 Å². The molecule has 1 unspecified atom stereocenters. The summed E-state index contributed by atoms with van der Waals surface area (Å²) in [6.45, 7) is 5.33. The summed E-state index contributed by atoms with van der Waals surface area (Å²) in [5.74, 6) is -0.167. The first-order valence-corrected chi connectivity index (χ1v) is 7.63. The molecule has 0 saturated heterocycles. The Morgan fingerprint density at radius 3 is 2.76 bits per heavy atom. The number of rotatable bonds is 3. The fourth-order valence-corrected chi connectivity index (χ4v) is 3.31. The molecule has 0 radical (unpaired) electrons. The molecule has 3 rings (SSSR count). The SMILES string of the molecule is CC1(C)CCC(NCc2cccc(F)c2)c2ccccc21. The van der Waals surface area contributed by atoms with E-state index in [0.29, 0.717) is 12.6 Å². The maximum Gasteiger partial charge on any atom is 0.123 e. The van der Waals surface area contributed by atoms with Crippen LogP contribution in [0.25, 0.3) is 0 Å². The van der Waals surface area contributed by atoms with Crippen LogP contribution >= 0.6 is 0 Å². The van der Waals surface area contributed by atoms with Crippen molar-refractivity contribution in [2.45, 2.75) is 44.7 Å². The van der Waals surface area contributed by atoms with Gasteiger partial charge in [0.1, 0.15) is 5.82 Å². The van der Waals surface area contributed by atoms with Crippen molar-refractivity contribution >= 4 is 0 Å². The second kappa shape index (κ2) is 5.61. The maximum atomic E-state index is 13.2. The van der Waals surface area contributed by atoms with Crippen molar-refractivity contribution in [3.63, 3.8) is 0 Å². The van der Waals surface area contributed by atoms with E-state index in [-0.39, 0.29) is 11.2 Å². The number of benzene rings is 2. The number of halogens is 1. The quantitative estimate of drug-likeness (QED) is 0.859. The highest BCUT2D eigenvalue weighted by Crippen LogP contribution is 2.41. The first-order valence-electron chi connectivity index (χ1n) is 7.63. The highest BCUT2D eigenvalue weighted by Gasteiger charge is 2.31. The van der Waals surface area contributed by atoms with Crippen molar-refractivity contribution in [2.24, 2.45) is 0 Å². The Morgan fingerprint density at radius 1 is 1.14 bits per heavy atom. The van der Waals surface area contributed by atoms with E-state index in [9.17, 15) is 4.39 Å². The van der Waals surface area contributed by atoms with Crippen LogP contribution in [0.3, 0.4) is 0 Å². The lowest BCUT2D eigenvalue weighted by atomic mass is 9.71. The van der Waals surface area contributed by atoms with Gasteiger partial charge in [-0.25, -0.2) is 4.39 Å². The molecule has 110 valence electrons. The van der Waals surface area contributed by atoms with Crippen LogP contribution in [0.2, 0.25) is 0 Å². The highest BCUT2D eigenvalue weighted by molar-refractivity contribution is 5.38. The van der Waals surface area contributed by atoms with Crippen molar-refractivity contribution in [2.75, 3.05) is 0 Å². The van der Waals surface area contributed by atoms with E-state index in [1.165, 1.54) is 23.6 Å². The van der Waals surface area contributed by atoms with E-state index in [0.717, 1.165) is 12.0 Å². The number of fused-ring (bicyclic) bond motifs is 1. The van der Waals surface area contributed by atoms with Gasteiger partial charge < -0.3 is 5.32 Å². The fraction of sp³-hybridized carbons (Fsp3) is 0.368. The Bertz CT molecular complexity index is 633. The molecule has 0 heterocycles. The molecule has 1 aliphatic carbocycles. The largest absolute Gasteiger partial charge is 0.306 e. The van der Waals surface area contributed by atoms with E-state index in [1.807, 2.05) is 6.07 Å². The molecule has 1 N–H and O–H groups in total. The van der Waals surface area contributed by atoms with Gasteiger partial charge in [0.25, 0.3) is 0 Å². The molecule has 1 aliphatic rings. The van der Waals surface area contributed by atoms with Crippen molar-refractivity contribution in [3.05, 3.63) is 71.0 Å². The first kappa shape index (κ1) is 14.3. The van der Waals surface area contributed by atoms with Crippen LogP contribution in [-0.4, -0.2) is 0 Å². The molecule has 0 bridgehead atoms. The Hall–Kier alpha value is -1.67. The highest BCUT2D eigenvalue weighted by atomic mass is 19.1. The van der Waals surface area contributed by atoms with Gasteiger partial charge in [0, 0.05) is 12.6 Å². The zero-order valence-electron chi connectivity index (χ0n) is 12.7. The van der Waals surface area contributed by atoms with Crippen molar-refractivity contribution < 1.29 is 4.39 Å². The van der Waals surface area contributed by atoms with Gasteiger partial charge in [-0.2, -0.15) is 0 Å². The van der Waals surface area contributed by atoms with Crippen molar-refractivity contribution in [3.8, 4) is 0 Å². The summed E-state index contributed by atoms with van der Waals surface area (Å²) in [5.41, 5.74) is 4.07. The van der Waals surface area contributed by atoms with Crippen LogP contribution in [0.5, 0.6) is 0 Å². The van der Waals surface area contributed by atoms with Crippen molar-refractivity contribution in [1.82, 2.24) is 5.32 Å². The van der Waals surface area contributed by atoms with Gasteiger partial charge in [0.2, 0.25) is 0 Å². The second-order valence-electron chi connectivity index (χ2n) is 6.57. The normalized spacial score (nSPS) is 20.0. The fourth-order valence-electron chi connectivity index (χ4n) is 3.31. The van der Waals surface area contributed by atoms with Crippen LogP contribution in [0.15, 0.2) is 48.5 Å². The summed E-state index contributed by atoms with van der Waals surface area (Å²) < 4.78 is 13.2. The van der Waals surface area contributed by atoms with E-state index < -0.39 is 0 Å². The van der Waals surface area contributed by atoms with Gasteiger partial charge in [-0.15, -0.1) is 0 Å². The van der Waals surface area contributed by atoms with Gasteiger partial charge in [0.05, 0.1) is 0 Å². The standard InChI is InChI=1S/C19H22FN/c1-19(2)11-10-18(16-8-3-4-9-17(16)19)21-13-14-6-5-7-15(20)12-14/h3-9,12,18,21H,10-11,13H2,1-2H3. The van der Waals surface area contributed by atoms with Crippen LogP contribution in [0.4, 0.5) is 4.39 Å². The van der Waals surface area contributed by atoms with Crippen LogP contribution < -0.4 is 5.32 Å². The molecule has 0 amide bonds. The second-order valence-corrected chi connectivity index (χ2v) is 6.57. The smallest absolute Gasteiger partial charge is 0.123 e. The Morgan fingerprint density at radius 2 is 1.95 bits per heavy atom. The lowest BCUT2D eigenvalue weighted by molar-refractivity contribution is 0.357. The van der Waals surface area contributed by atoms with Crippen LogP contribution in [0.1, 0.15) is 49.4 Å². The minimum Gasteiger partial charge on any atom is -0.306 e. The number of nitrogens with one attached hydrogen (secondary N) is 1. The number of hydrogen-bond acceptors (Lipinski definition) is 1. The Labute approximate surface area is 126 Å². The minimum absolute atomic E-state index is 0.167. The van der Waals surface area contributed by atoms with Gasteiger partial charge in [-0.05, 0) is 47.1 Å². The Kier molecular flexibility index (Phi) is 3.81. The van der Waals surface area contributed by atoms with E-state index in [1.54, 1.807) is 12.1 Å². The molecule has 2 heteroatoms.